The van der Waals surface area contributed by atoms with Gasteiger partial charge in [0, 0.05) is 20.1 Å². The molecule has 2 rings (SSSR count). The van der Waals surface area contributed by atoms with Crippen LogP contribution in [0.2, 0.25) is 0 Å². The Hall–Kier alpha value is -2.44. The number of aryl methyl sites for hydroxylation is 1. The van der Waals surface area contributed by atoms with Crippen molar-refractivity contribution in [3.8, 4) is 0 Å². The van der Waals surface area contributed by atoms with Crippen LogP contribution in [0.3, 0.4) is 0 Å². The standard InChI is InChI=1S/C18H27FN6/c1-4-5-11-20-18(22-13-17-24-23-14(2)25(17)3)21-12-10-15-8-6-7-9-16(15)19/h6-9H,4-5,10-13H2,1-3H3,(H2,20,21,22). The van der Waals surface area contributed by atoms with Crippen molar-refractivity contribution in [3.05, 3.63) is 47.3 Å². The highest BCUT2D eigenvalue weighted by atomic mass is 19.1. The number of rotatable bonds is 8. The van der Waals surface area contributed by atoms with Crippen LogP contribution in [-0.4, -0.2) is 33.8 Å². The van der Waals surface area contributed by atoms with Gasteiger partial charge in [0.1, 0.15) is 18.2 Å². The summed E-state index contributed by atoms with van der Waals surface area (Å²) >= 11 is 0. The summed E-state index contributed by atoms with van der Waals surface area (Å²) in [7, 11) is 1.93. The summed E-state index contributed by atoms with van der Waals surface area (Å²) in [6.45, 7) is 5.95. The van der Waals surface area contributed by atoms with Gasteiger partial charge in [0.2, 0.25) is 0 Å². The van der Waals surface area contributed by atoms with Crippen LogP contribution >= 0.6 is 0 Å². The van der Waals surface area contributed by atoms with Gasteiger partial charge in [0.25, 0.3) is 0 Å². The highest BCUT2D eigenvalue weighted by molar-refractivity contribution is 5.79. The average Bonchev–Trinajstić information content (AvgIpc) is 2.93. The van der Waals surface area contributed by atoms with E-state index in [1.807, 2.05) is 24.6 Å². The van der Waals surface area contributed by atoms with Gasteiger partial charge in [0.15, 0.2) is 11.8 Å². The van der Waals surface area contributed by atoms with Crippen LogP contribution in [0.15, 0.2) is 29.3 Å². The number of nitrogens with one attached hydrogen (secondary N) is 2. The largest absolute Gasteiger partial charge is 0.356 e. The van der Waals surface area contributed by atoms with Gasteiger partial charge in [-0.15, -0.1) is 10.2 Å². The lowest BCUT2D eigenvalue weighted by Crippen LogP contribution is -2.39. The molecule has 0 unspecified atom stereocenters. The quantitative estimate of drug-likeness (QED) is 0.437. The first-order valence-corrected chi connectivity index (χ1v) is 8.72. The predicted octanol–water partition coefficient (Wildman–Crippen LogP) is 2.34. The number of nitrogens with zero attached hydrogens (tertiary/aromatic N) is 4. The molecule has 0 saturated heterocycles. The molecule has 0 saturated carbocycles. The average molecular weight is 346 g/mol. The van der Waals surface area contributed by atoms with E-state index in [2.05, 4.69) is 32.7 Å². The molecule has 0 atom stereocenters. The Bertz CT molecular complexity index is 695. The minimum Gasteiger partial charge on any atom is -0.356 e. The van der Waals surface area contributed by atoms with Crippen molar-refractivity contribution in [2.75, 3.05) is 13.1 Å². The van der Waals surface area contributed by atoms with Crippen LogP contribution in [0, 0.1) is 12.7 Å². The predicted molar refractivity (Wildman–Crippen MR) is 97.9 cm³/mol. The van der Waals surface area contributed by atoms with E-state index in [9.17, 15) is 4.39 Å². The summed E-state index contributed by atoms with van der Waals surface area (Å²) < 4.78 is 15.6. The van der Waals surface area contributed by atoms with E-state index in [0.717, 1.165) is 31.0 Å². The Morgan fingerprint density at radius 2 is 1.96 bits per heavy atom. The summed E-state index contributed by atoms with van der Waals surface area (Å²) in [5.74, 6) is 2.21. The molecule has 2 N–H and O–H groups in total. The third-order valence-corrected chi connectivity index (χ3v) is 4.03. The Labute approximate surface area is 148 Å². The molecule has 2 aromatic rings. The van der Waals surface area contributed by atoms with Crippen molar-refractivity contribution >= 4 is 5.96 Å². The maximum Gasteiger partial charge on any atom is 0.191 e. The molecule has 0 aliphatic carbocycles. The molecule has 25 heavy (non-hydrogen) atoms. The van der Waals surface area contributed by atoms with Crippen molar-refractivity contribution in [3.63, 3.8) is 0 Å². The molecule has 136 valence electrons. The first-order valence-electron chi connectivity index (χ1n) is 8.72. The number of benzene rings is 1. The SMILES string of the molecule is CCCCNC(=NCc1nnc(C)n1C)NCCc1ccccc1F. The van der Waals surface area contributed by atoms with Crippen LogP contribution in [0.1, 0.15) is 37.0 Å². The lowest BCUT2D eigenvalue weighted by atomic mass is 10.1. The normalized spacial score (nSPS) is 11.6. The number of aromatic nitrogens is 3. The molecule has 1 aromatic heterocycles. The molecule has 0 fully saturated rings. The van der Waals surface area contributed by atoms with Gasteiger partial charge in [-0.05, 0) is 31.4 Å². The maximum absolute atomic E-state index is 13.7. The van der Waals surface area contributed by atoms with E-state index in [0.29, 0.717) is 31.0 Å². The van der Waals surface area contributed by atoms with Crippen LogP contribution in [0.4, 0.5) is 4.39 Å². The van der Waals surface area contributed by atoms with Gasteiger partial charge >= 0.3 is 0 Å². The van der Waals surface area contributed by atoms with Crippen molar-refractivity contribution in [2.24, 2.45) is 12.0 Å². The smallest absolute Gasteiger partial charge is 0.191 e. The number of unbranched alkanes of at least 4 members (excludes halogenated alkanes) is 1. The van der Waals surface area contributed by atoms with E-state index in [1.54, 1.807) is 12.1 Å². The Morgan fingerprint density at radius 3 is 2.64 bits per heavy atom. The summed E-state index contributed by atoms with van der Waals surface area (Å²) in [4.78, 5) is 4.57. The highest BCUT2D eigenvalue weighted by Crippen LogP contribution is 2.06. The third kappa shape index (κ3) is 5.85. The molecule has 0 radical (unpaired) electrons. The molecular weight excluding hydrogens is 319 g/mol. The first-order chi connectivity index (χ1) is 12.1. The fourth-order valence-corrected chi connectivity index (χ4v) is 2.31. The second kappa shape index (κ2) is 9.76. The summed E-state index contributed by atoms with van der Waals surface area (Å²) in [5, 5.41) is 14.7. The topological polar surface area (TPSA) is 67.1 Å². The van der Waals surface area contributed by atoms with Crippen molar-refractivity contribution < 1.29 is 4.39 Å². The van der Waals surface area contributed by atoms with E-state index in [4.69, 9.17) is 0 Å². The number of aliphatic imine (C=N–C) groups is 1. The van der Waals surface area contributed by atoms with Gasteiger partial charge in [-0.1, -0.05) is 31.5 Å². The monoisotopic (exact) mass is 346 g/mol. The van der Waals surface area contributed by atoms with Gasteiger partial charge in [0.05, 0.1) is 0 Å². The molecular formula is C18H27FN6. The fourth-order valence-electron chi connectivity index (χ4n) is 2.31. The zero-order chi connectivity index (χ0) is 18.1. The Kier molecular flexibility index (Phi) is 7.37. The first kappa shape index (κ1) is 18.9. The van der Waals surface area contributed by atoms with Crippen LogP contribution in [-0.2, 0) is 20.0 Å². The lowest BCUT2D eigenvalue weighted by molar-refractivity contribution is 0.606. The van der Waals surface area contributed by atoms with Crippen molar-refractivity contribution in [1.29, 1.82) is 0 Å². The molecule has 0 aliphatic heterocycles. The number of hydrogen-bond acceptors (Lipinski definition) is 3. The molecule has 0 bridgehead atoms. The van der Waals surface area contributed by atoms with E-state index < -0.39 is 0 Å². The summed E-state index contributed by atoms with van der Waals surface area (Å²) in [5.41, 5.74) is 0.701. The van der Waals surface area contributed by atoms with E-state index >= 15 is 0 Å². The van der Waals surface area contributed by atoms with Crippen LogP contribution in [0.25, 0.3) is 0 Å². The Balaban J connectivity index is 1.93. The number of hydrogen-bond donors (Lipinski definition) is 2. The van der Waals surface area contributed by atoms with Crippen LogP contribution in [0.5, 0.6) is 0 Å². The van der Waals surface area contributed by atoms with Crippen LogP contribution < -0.4 is 10.6 Å². The van der Waals surface area contributed by atoms with Crippen molar-refractivity contribution in [1.82, 2.24) is 25.4 Å². The maximum atomic E-state index is 13.7. The minimum absolute atomic E-state index is 0.170. The van der Waals surface area contributed by atoms with E-state index in [-0.39, 0.29) is 5.82 Å². The molecule has 0 aliphatic rings. The second-order valence-corrected chi connectivity index (χ2v) is 5.94. The van der Waals surface area contributed by atoms with Gasteiger partial charge in [-0.25, -0.2) is 9.38 Å². The molecule has 1 heterocycles. The Morgan fingerprint density at radius 1 is 1.20 bits per heavy atom. The van der Waals surface area contributed by atoms with E-state index in [1.165, 1.54) is 6.07 Å². The van der Waals surface area contributed by atoms with Gasteiger partial charge < -0.3 is 15.2 Å². The molecule has 7 heteroatoms. The minimum atomic E-state index is -0.170. The molecule has 1 aromatic carbocycles. The van der Waals surface area contributed by atoms with Crippen molar-refractivity contribution in [2.45, 2.75) is 39.7 Å². The van der Waals surface area contributed by atoms with Gasteiger partial charge in [-0.3, -0.25) is 0 Å². The van der Waals surface area contributed by atoms with Gasteiger partial charge in [-0.2, -0.15) is 0 Å². The molecule has 0 amide bonds. The number of halogens is 1. The molecule has 0 spiro atoms. The highest BCUT2D eigenvalue weighted by Gasteiger charge is 2.06. The lowest BCUT2D eigenvalue weighted by Gasteiger charge is -2.12. The zero-order valence-corrected chi connectivity index (χ0v) is 15.2. The summed E-state index contributed by atoms with van der Waals surface area (Å²) in [6.07, 6.45) is 2.78. The molecule has 6 nitrogen and oxygen atoms in total. The third-order valence-electron chi connectivity index (χ3n) is 4.03. The second-order valence-electron chi connectivity index (χ2n) is 5.94. The zero-order valence-electron chi connectivity index (χ0n) is 15.2. The number of guanidine groups is 1. The fraction of sp³-hybridized carbons (Fsp3) is 0.500. The summed E-state index contributed by atoms with van der Waals surface area (Å²) in [6, 6.07) is 6.85.